The molecule has 0 spiro atoms. The van der Waals surface area contributed by atoms with E-state index in [4.69, 9.17) is 11.6 Å². The topological polar surface area (TPSA) is 43.8 Å². The minimum absolute atomic E-state index is 0.0571. The van der Waals surface area contributed by atoms with Crippen molar-refractivity contribution in [1.29, 1.82) is 0 Å². The van der Waals surface area contributed by atoms with Gasteiger partial charge in [-0.15, -0.1) is 0 Å². The van der Waals surface area contributed by atoms with Crippen LogP contribution in [0.25, 0.3) is 0 Å². The molecule has 0 amide bonds. The molecule has 26 heavy (non-hydrogen) atoms. The lowest BCUT2D eigenvalue weighted by molar-refractivity contribution is -0.139. The summed E-state index contributed by atoms with van der Waals surface area (Å²) >= 11 is 6.08. The number of carboxylic acid groups (broad SMARTS) is 1. The highest BCUT2D eigenvalue weighted by molar-refractivity contribution is 6.30. The number of hydrogen-bond acceptors (Lipinski definition) is 3. The first-order valence-electron chi connectivity index (χ1n) is 9.04. The fourth-order valence-corrected chi connectivity index (χ4v) is 3.96. The fraction of sp³-hybridized carbons (Fsp3) is 0.381. The Morgan fingerprint density at radius 1 is 1.19 bits per heavy atom. The first kappa shape index (κ1) is 18.7. The molecule has 4 nitrogen and oxygen atoms in total. The number of carboxylic acids is 1. The minimum atomic E-state index is -0.784. The Morgan fingerprint density at radius 3 is 2.58 bits per heavy atom. The number of carbonyl (C=O) groups is 1. The van der Waals surface area contributed by atoms with Crippen molar-refractivity contribution in [2.45, 2.75) is 32.4 Å². The van der Waals surface area contributed by atoms with E-state index >= 15 is 0 Å². The normalized spacial score (nSPS) is 15.4. The van der Waals surface area contributed by atoms with Gasteiger partial charge in [-0.3, -0.25) is 9.69 Å². The summed E-state index contributed by atoms with van der Waals surface area (Å²) in [6, 6.07) is 16.4. The number of halogens is 1. The van der Waals surface area contributed by atoms with E-state index in [1.165, 1.54) is 11.3 Å². The highest BCUT2D eigenvalue weighted by Gasteiger charge is 2.26. The van der Waals surface area contributed by atoms with E-state index in [0.717, 1.165) is 31.5 Å². The summed E-state index contributed by atoms with van der Waals surface area (Å²) in [5, 5.41) is 10.0. The maximum Gasteiger partial charge on any atom is 0.317 e. The second-order valence-corrected chi connectivity index (χ2v) is 7.37. The summed E-state index contributed by atoms with van der Waals surface area (Å²) in [6.45, 7) is 4.70. The van der Waals surface area contributed by atoms with Crippen molar-refractivity contribution in [2.75, 3.05) is 24.5 Å². The molecule has 0 aliphatic carbocycles. The van der Waals surface area contributed by atoms with Gasteiger partial charge in [0.25, 0.3) is 0 Å². The third kappa shape index (κ3) is 4.77. The Bertz CT molecular complexity index is 757. The average Bonchev–Trinajstić information content (AvgIpc) is 2.61. The molecule has 0 saturated carbocycles. The van der Waals surface area contributed by atoms with Gasteiger partial charge < -0.3 is 10.0 Å². The molecule has 1 aliphatic rings. The van der Waals surface area contributed by atoms with E-state index in [2.05, 4.69) is 41.0 Å². The van der Waals surface area contributed by atoms with Gasteiger partial charge in [-0.2, -0.15) is 0 Å². The van der Waals surface area contributed by atoms with Gasteiger partial charge in [0.2, 0.25) is 0 Å². The quantitative estimate of drug-likeness (QED) is 0.825. The Hall–Kier alpha value is -2.04. The molecule has 138 valence electrons. The maximum atomic E-state index is 11.4. The molecular weight excluding hydrogens is 348 g/mol. The van der Waals surface area contributed by atoms with Crippen molar-refractivity contribution in [3.05, 3.63) is 64.7 Å². The molecule has 1 fully saturated rings. The third-order valence-corrected chi connectivity index (χ3v) is 5.29. The summed E-state index contributed by atoms with van der Waals surface area (Å²) in [5.41, 5.74) is 3.62. The smallest absolute Gasteiger partial charge is 0.317 e. The largest absolute Gasteiger partial charge is 0.480 e. The first-order chi connectivity index (χ1) is 12.5. The average molecular weight is 373 g/mol. The number of anilines is 1. The van der Waals surface area contributed by atoms with Gasteiger partial charge in [-0.05, 0) is 49.1 Å². The lowest BCUT2D eigenvalue weighted by Crippen LogP contribution is -2.46. The molecule has 2 aromatic rings. The molecule has 0 unspecified atom stereocenters. The SMILES string of the molecule is Cc1ccccc1N1CCC(N(CC(=O)O)Cc2cccc(Cl)c2)CC1. The lowest BCUT2D eigenvalue weighted by atomic mass is 10.0. The van der Waals surface area contributed by atoms with Gasteiger partial charge in [0.1, 0.15) is 0 Å². The molecule has 2 aromatic carbocycles. The second-order valence-electron chi connectivity index (χ2n) is 6.93. The molecule has 1 saturated heterocycles. The number of piperidine rings is 1. The number of rotatable bonds is 6. The number of benzene rings is 2. The summed E-state index contributed by atoms with van der Waals surface area (Å²) < 4.78 is 0. The molecule has 0 atom stereocenters. The van der Waals surface area contributed by atoms with Crippen LogP contribution in [0, 0.1) is 6.92 Å². The molecule has 0 bridgehead atoms. The zero-order valence-electron chi connectivity index (χ0n) is 15.1. The number of aliphatic carboxylic acids is 1. The van der Waals surface area contributed by atoms with E-state index in [-0.39, 0.29) is 12.6 Å². The minimum Gasteiger partial charge on any atom is -0.480 e. The van der Waals surface area contributed by atoms with Crippen molar-refractivity contribution in [3.8, 4) is 0 Å². The van der Waals surface area contributed by atoms with Crippen LogP contribution in [-0.2, 0) is 11.3 Å². The van der Waals surface area contributed by atoms with Gasteiger partial charge in [0, 0.05) is 36.4 Å². The monoisotopic (exact) mass is 372 g/mol. The summed E-state index contributed by atoms with van der Waals surface area (Å²) in [7, 11) is 0. The van der Waals surface area contributed by atoms with E-state index in [1.54, 1.807) is 0 Å². The highest BCUT2D eigenvalue weighted by Crippen LogP contribution is 2.26. The van der Waals surface area contributed by atoms with Gasteiger partial charge in [0.15, 0.2) is 0 Å². The summed E-state index contributed by atoms with van der Waals surface area (Å²) in [4.78, 5) is 15.8. The number of para-hydroxylation sites is 1. The highest BCUT2D eigenvalue weighted by atomic mass is 35.5. The van der Waals surface area contributed by atoms with E-state index < -0.39 is 5.97 Å². The van der Waals surface area contributed by atoms with Crippen molar-refractivity contribution in [2.24, 2.45) is 0 Å². The van der Waals surface area contributed by atoms with Gasteiger partial charge >= 0.3 is 5.97 Å². The van der Waals surface area contributed by atoms with Crippen LogP contribution >= 0.6 is 11.6 Å². The van der Waals surface area contributed by atoms with Gasteiger partial charge in [-0.1, -0.05) is 41.9 Å². The molecule has 1 aliphatic heterocycles. The predicted molar refractivity (Wildman–Crippen MR) is 106 cm³/mol. The van der Waals surface area contributed by atoms with Crippen LogP contribution in [0.4, 0.5) is 5.69 Å². The van der Waals surface area contributed by atoms with E-state index in [1.807, 2.05) is 24.3 Å². The number of hydrogen-bond donors (Lipinski definition) is 1. The predicted octanol–water partition coefficient (Wildman–Crippen LogP) is 4.20. The summed E-state index contributed by atoms with van der Waals surface area (Å²) in [5.74, 6) is -0.784. The first-order valence-corrected chi connectivity index (χ1v) is 9.41. The zero-order valence-corrected chi connectivity index (χ0v) is 15.8. The fourth-order valence-electron chi connectivity index (χ4n) is 3.75. The Balaban J connectivity index is 1.67. The van der Waals surface area contributed by atoms with Gasteiger partial charge in [-0.25, -0.2) is 0 Å². The van der Waals surface area contributed by atoms with Crippen LogP contribution in [0.1, 0.15) is 24.0 Å². The van der Waals surface area contributed by atoms with Crippen molar-refractivity contribution in [1.82, 2.24) is 4.90 Å². The van der Waals surface area contributed by atoms with Crippen LogP contribution in [0.5, 0.6) is 0 Å². The van der Waals surface area contributed by atoms with Crippen molar-refractivity contribution >= 4 is 23.3 Å². The van der Waals surface area contributed by atoms with Crippen molar-refractivity contribution in [3.63, 3.8) is 0 Å². The number of nitrogens with zero attached hydrogens (tertiary/aromatic N) is 2. The molecule has 1 N–H and O–H groups in total. The van der Waals surface area contributed by atoms with E-state index in [9.17, 15) is 9.90 Å². The Labute approximate surface area is 160 Å². The van der Waals surface area contributed by atoms with Gasteiger partial charge in [0.05, 0.1) is 6.54 Å². The number of aryl methyl sites for hydroxylation is 1. The Morgan fingerprint density at radius 2 is 1.92 bits per heavy atom. The van der Waals surface area contributed by atoms with Crippen LogP contribution < -0.4 is 4.90 Å². The molecule has 1 heterocycles. The molecule has 0 aromatic heterocycles. The van der Waals surface area contributed by atoms with Crippen LogP contribution in [-0.4, -0.2) is 41.7 Å². The standard InChI is InChI=1S/C21H25ClN2O2/c1-16-5-2-3-8-20(16)23-11-9-19(10-12-23)24(15-21(25)26)14-17-6-4-7-18(22)13-17/h2-8,13,19H,9-12,14-15H2,1H3,(H,25,26). The molecule has 3 rings (SSSR count). The van der Waals surface area contributed by atoms with E-state index in [0.29, 0.717) is 11.6 Å². The third-order valence-electron chi connectivity index (χ3n) is 5.05. The Kier molecular flexibility index (Phi) is 6.17. The van der Waals surface area contributed by atoms with Crippen LogP contribution in [0.15, 0.2) is 48.5 Å². The van der Waals surface area contributed by atoms with Crippen LogP contribution in [0.3, 0.4) is 0 Å². The van der Waals surface area contributed by atoms with Crippen molar-refractivity contribution < 1.29 is 9.90 Å². The maximum absolute atomic E-state index is 11.4. The molecule has 5 heteroatoms. The summed E-state index contributed by atoms with van der Waals surface area (Å²) in [6.07, 6.45) is 1.92. The second kappa shape index (κ2) is 8.56. The lowest BCUT2D eigenvalue weighted by Gasteiger charge is -2.39. The molecular formula is C21H25ClN2O2. The zero-order chi connectivity index (χ0) is 18.5. The van der Waals surface area contributed by atoms with Crippen LogP contribution in [0.2, 0.25) is 5.02 Å². The molecule has 0 radical (unpaired) electrons.